The Balaban J connectivity index is 0.00000261. The Morgan fingerprint density at radius 1 is 1.31 bits per heavy atom. The standard InChI is InChI=1S/C16H13N5O3S2.3H2/c1-7-12(26-15(18-7)13(17)25)10(22)6-11(23)14(24)21-16-19-8-4-2-3-5-9(8)20-16;;;/h2-5H,6H2,1H3,(H2,17,25)(H2,19,20,21,24);3*1H. The number of thiocarbonyl (C=S) groups is 1. The predicted octanol–water partition coefficient (Wildman–Crippen LogP) is 2.48. The van der Waals surface area contributed by atoms with Crippen LogP contribution in [-0.2, 0) is 9.59 Å². The van der Waals surface area contributed by atoms with Gasteiger partial charge in [0, 0.05) is 4.28 Å². The maximum atomic E-state index is 12.3. The number of aromatic nitrogens is 3. The van der Waals surface area contributed by atoms with Gasteiger partial charge in [-0.2, -0.15) is 0 Å². The molecule has 0 fully saturated rings. The first kappa shape index (κ1) is 17.8. The van der Waals surface area contributed by atoms with E-state index in [0.717, 1.165) is 16.9 Å². The van der Waals surface area contributed by atoms with Crippen molar-refractivity contribution in [2.75, 3.05) is 5.32 Å². The first-order valence-corrected chi connectivity index (χ1v) is 8.67. The second kappa shape index (κ2) is 7.10. The number of hydrogen-bond acceptors (Lipinski definition) is 7. The van der Waals surface area contributed by atoms with Crippen LogP contribution in [0.1, 0.15) is 31.1 Å². The maximum Gasteiger partial charge on any atom is 0.294 e. The highest BCUT2D eigenvalue weighted by Gasteiger charge is 2.23. The number of carbonyl (C=O) groups excluding carboxylic acids is 3. The van der Waals surface area contributed by atoms with E-state index in [-0.39, 0.29) is 20.1 Å². The molecule has 2 aromatic heterocycles. The summed E-state index contributed by atoms with van der Waals surface area (Å²) in [5, 5.41) is 2.71. The molecule has 0 aliphatic rings. The number of fused-ring (bicyclic) bond motifs is 1. The second-order valence-corrected chi connectivity index (χ2v) is 6.82. The first-order chi connectivity index (χ1) is 12.3. The van der Waals surface area contributed by atoms with Gasteiger partial charge < -0.3 is 10.7 Å². The molecule has 0 radical (unpaired) electrons. The SMILES string of the molecule is Cc1nc(C(N)=S)sc1C(=O)CC(=O)C(=O)Nc1nc2ccccc2[nH]1.[HH].[HH].[HH]. The zero-order valence-corrected chi connectivity index (χ0v) is 15.2. The molecule has 0 atom stereocenters. The normalized spacial score (nSPS) is 10.7. The Morgan fingerprint density at radius 2 is 2.04 bits per heavy atom. The lowest BCUT2D eigenvalue weighted by Crippen LogP contribution is -2.25. The average Bonchev–Trinajstić information content (AvgIpc) is 3.17. The van der Waals surface area contributed by atoms with Crippen LogP contribution in [0.2, 0.25) is 0 Å². The zero-order chi connectivity index (χ0) is 18.8. The van der Waals surface area contributed by atoms with Gasteiger partial charge in [0.1, 0.15) is 4.99 Å². The summed E-state index contributed by atoms with van der Waals surface area (Å²) in [7, 11) is 0. The highest BCUT2D eigenvalue weighted by Crippen LogP contribution is 2.20. The first-order valence-electron chi connectivity index (χ1n) is 7.44. The van der Waals surface area contributed by atoms with Crippen molar-refractivity contribution < 1.29 is 18.7 Å². The van der Waals surface area contributed by atoms with Crippen LogP contribution in [0, 0.1) is 6.92 Å². The molecule has 10 heteroatoms. The topological polar surface area (TPSA) is 131 Å². The van der Waals surface area contributed by atoms with E-state index in [1.807, 2.05) is 6.07 Å². The fourth-order valence-corrected chi connectivity index (χ4v) is 3.28. The van der Waals surface area contributed by atoms with Crippen LogP contribution in [0.15, 0.2) is 24.3 Å². The molecule has 1 aromatic carbocycles. The number of thiazole rings is 1. The van der Waals surface area contributed by atoms with Crippen LogP contribution in [0.5, 0.6) is 0 Å². The summed E-state index contributed by atoms with van der Waals surface area (Å²) in [6, 6.07) is 7.17. The number of rotatable bonds is 6. The largest absolute Gasteiger partial charge is 0.387 e. The fourth-order valence-electron chi connectivity index (χ4n) is 2.26. The number of aromatic amines is 1. The minimum Gasteiger partial charge on any atom is -0.387 e. The number of hydrogen-bond donors (Lipinski definition) is 3. The lowest BCUT2D eigenvalue weighted by molar-refractivity contribution is -0.134. The van der Waals surface area contributed by atoms with Gasteiger partial charge in [-0.05, 0) is 19.1 Å². The summed E-state index contributed by atoms with van der Waals surface area (Å²) in [5.74, 6) is -2.16. The van der Waals surface area contributed by atoms with Crippen molar-refractivity contribution in [3.8, 4) is 0 Å². The van der Waals surface area contributed by atoms with Gasteiger partial charge in [0.15, 0.2) is 10.8 Å². The van der Waals surface area contributed by atoms with Crippen molar-refractivity contribution in [1.82, 2.24) is 15.0 Å². The Bertz CT molecular complexity index is 1030. The van der Waals surface area contributed by atoms with Crippen molar-refractivity contribution in [3.63, 3.8) is 0 Å². The van der Waals surface area contributed by atoms with Gasteiger partial charge in [-0.15, -0.1) is 11.3 Å². The van der Waals surface area contributed by atoms with Crippen LogP contribution >= 0.6 is 23.6 Å². The highest BCUT2D eigenvalue weighted by atomic mass is 32.1. The molecular formula is C16H19N5O3S2. The zero-order valence-electron chi connectivity index (χ0n) is 13.5. The number of amides is 1. The number of aryl methyl sites for hydroxylation is 1. The summed E-state index contributed by atoms with van der Waals surface area (Å²) in [6.45, 7) is 1.62. The number of benzene rings is 1. The third-order valence-corrected chi connectivity index (χ3v) is 5.01. The molecule has 1 amide bonds. The van der Waals surface area contributed by atoms with Crippen LogP contribution in [0.4, 0.5) is 5.95 Å². The van der Waals surface area contributed by atoms with E-state index in [0.29, 0.717) is 16.2 Å². The van der Waals surface area contributed by atoms with Crippen LogP contribution in [0.25, 0.3) is 11.0 Å². The predicted molar refractivity (Wildman–Crippen MR) is 108 cm³/mol. The number of carbonyl (C=O) groups is 3. The lowest BCUT2D eigenvalue weighted by Gasteiger charge is -2.00. The van der Waals surface area contributed by atoms with E-state index in [4.69, 9.17) is 18.0 Å². The molecule has 3 aromatic rings. The van der Waals surface area contributed by atoms with Gasteiger partial charge in [-0.25, -0.2) is 9.97 Å². The number of nitrogens with two attached hydrogens (primary N) is 1. The van der Waals surface area contributed by atoms with E-state index in [9.17, 15) is 14.4 Å². The van der Waals surface area contributed by atoms with Crippen LogP contribution in [-0.4, -0.2) is 37.4 Å². The number of nitrogens with one attached hydrogen (secondary N) is 2. The third kappa shape index (κ3) is 3.65. The quantitative estimate of drug-likeness (QED) is 0.254. The van der Waals surface area contributed by atoms with E-state index < -0.39 is 23.9 Å². The van der Waals surface area contributed by atoms with E-state index in [1.165, 1.54) is 0 Å². The number of ketones is 2. The Labute approximate surface area is 161 Å². The monoisotopic (exact) mass is 393 g/mol. The van der Waals surface area contributed by atoms with Crippen molar-refractivity contribution in [2.45, 2.75) is 13.3 Å². The smallest absolute Gasteiger partial charge is 0.294 e. The average molecular weight is 393 g/mol. The highest BCUT2D eigenvalue weighted by molar-refractivity contribution is 7.81. The van der Waals surface area contributed by atoms with Gasteiger partial charge in [0.2, 0.25) is 11.7 Å². The molecule has 0 bridgehead atoms. The molecule has 0 spiro atoms. The molecule has 2 heterocycles. The molecule has 0 aliphatic carbocycles. The Hall–Kier alpha value is -2.98. The van der Waals surface area contributed by atoms with E-state index >= 15 is 0 Å². The van der Waals surface area contributed by atoms with Crippen molar-refractivity contribution in [3.05, 3.63) is 39.8 Å². The van der Waals surface area contributed by atoms with Crippen molar-refractivity contribution >= 4 is 63.0 Å². The number of nitrogens with zero attached hydrogens (tertiary/aromatic N) is 2. The molecule has 0 saturated heterocycles. The number of anilines is 1. The number of H-pyrrole nitrogens is 1. The molecule has 138 valence electrons. The lowest BCUT2D eigenvalue weighted by atomic mass is 10.1. The van der Waals surface area contributed by atoms with Gasteiger partial charge >= 0.3 is 0 Å². The Morgan fingerprint density at radius 3 is 2.69 bits per heavy atom. The van der Waals surface area contributed by atoms with E-state index in [1.54, 1.807) is 25.1 Å². The van der Waals surface area contributed by atoms with Gasteiger partial charge in [-0.3, -0.25) is 19.7 Å². The minimum atomic E-state index is -0.922. The molecule has 4 N–H and O–H groups in total. The summed E-state index contributed by atoms with van der Waals surface area (Å²) >= 11 is 5.83. The summed E-state index contributed by atoms with van der Waals surface area (Å²) in [6.07, 6.45) is -0.578. The molecule has 0 saturated carbocycles. The summed E-state index contributed by atoms with van der Waals surface area (Å²) in [4.78, 5) is 47.8. The third-order valence-electron chi connectivity index (χ3n) is 3.46. The summed E-state index contributed by atoms with van der Waals surface area (Å²) in [5.41, 5.74) is 7.28. The Kier molecular flexibility index (Phi) is 4.87. The van der Waals surface area contributed by atoms with Crippen molar-refractivity contribution in [2.24, 2.45) is 5.73 Å². The number of para-hydroxylation sites is 2. The maximum absolute atomic E-state index is 12.3. The minimum absolute atomic E-state index is 0. The summed E-state index contributed by atoms with van der Waals surface area (Å²) < 4.78 is 0. The van der Waals surface area contributed by atoms with Gasteiger partial charge in [0.25, 0.3) is 5.91 Å². The molecule has 8 nitrogen and oxygen atoms in total. The molecule has 3 rings (SSSR count). The molecule has 26 heavy (non-hydrogen) atoms. The van der Waals surface area contributed by atoms with Crippen LogP contribution < -0.4 is 11.1 Å². The molecule has 0 unspecified atom stereocenters. The van der Waals surface area contributed by atoms with Crippen LogP contribution in [0.3, 0.4) is 0 Å². The number of Topliss-reactive ketones (excluding diaryl/α,β-unsaturated/α-hetero) is 2. The number of imidazole rings is 1. The molecule has 0 aliphatic heterocycles. The van der Waals surface area contributed by atoms with E-state index in [2.05, 4.69) is 20.3 Å². The fraction of sp³-hybridized carbons (Fsp3) is 0.125. The van der Waals surface area contributed by atoms with Gasteiger partial charge in [0.05, 0.1) is 28.0 Å². The van der Waals surface area contributed by atoms with Gasteiger partial charge in [-0.1, -0.05) is 24.4 Å². The van der Waals surface area contributed by atoms with Crippen molar-refractivity contribution in [1.29, 1.82) is 0 Å². The second-order valence-electron chi connectivity index (χ2n) is 5.38. The molecular weight excluding hydrogens is 374 g/mol.